The maximum absolute atomic E-state index is 3.44. The molecule has 0 spiro atoms. The van der Waals surface area contributed by atoms with Gasteiger partial charge in [0.25, 0.3) is 0 Å². The number of hydrogen-bond acceptors (Lipinski definition) is 2. The van der Waals surface area contributed by atoms with E-state index in [0.29, 0.717) is 6.04 Å². The predicted molar refractivity (Wildman–Crippen MR) is 77.8 cm³/mol. The van der Waals surface area contributed by atoms with E-state index in [-0.39, 0.29) is 0 Å². The molecule has 1 N–H and O–H groups in total. The molecule has 0 aromatic heterocycles. The smallest absolute Gasteiger partial charge is 0.0446 e. The summed E-state index contributed by atoms with van der Waals surface area (Å²) in [6.45, 7) is 4.49. The highest BCUT2D eigenvalue weighted by Crippen LogP contribution is 2.27. The average molecular weight is 246 g/mol. The molecule has 0 saturated heterocycles. The highest BCUT2D eigenvalue weighted by atomic mass is 15.1. The molecule has 0 bridgehead atoms. The highest BCUT2D eigenvalue weighted by molar-refractivity contribution is 5.24. The van der Waals surface area contributed by atoms with Crippen molar-refractivity contribution in [3.05, 3.63) is 35.4 Å². The molecule has 0 aliphatic heterocycles. The fourth-order valence-electron chi connectivity index (χ4n) is 2.66. The molecule has 0 amide bonds. The van der Waals surface area contributed by atoms with Crippen molar-refractivity contribution < 1.29 is 0 Å². The molecule has 2 rings (SSSR count). The van der Waals surface area contributed by atoms with Gasteiger partial charge < -0.3 is 10.2 Å². The normalized spacial score (nSPS) is 17.8. The van der Waals surface area contributed by atoms with Crippen molar-refractivity contribution in [2.75, 3.05) is 27.2 Å². The molecule has 2 nitrogen and oxygen atoms in total. The molecular formula is C16H26N2. The van der Waals surface area contributed by atoms with Gasteiger partial charge in [0.2, 0.25) is 0 Å². The second kappa shape index (κ2) is 6.35. The molecule has 1 atom stereocenters. The standard InChI is InChI=1S/C16H26N2/c1-13-7-9-15(10-8-13)16(17-2)12-18(3)11-14-5-4-6-14/h7-10,14,16-17H,4-6,11-12H2,1-3H3. The van der Waals surface area contributed by atoms with Crippen LogP contribution in [0.4, 0.5) is 0 Å². The molecule has 1 saturated carbocycles. The summed E-state index contributed by atoms with van der Waals surface area (Å²) in [7, 11) is 4.30. The van der Waals surface area contributed by atoms with Crippen LogP contribution >= 0.6 is 0 Å². The molecule has 1 unspecified atom stereocenters. The van der Waals surface area contributed by atoms with Crippen molar-refractivity contribution in [3.63, 3.8) is 0 Å². The Balaban J connectivity index is 1.89. The van der Waals surface area contributed by atoms with Crippen molar-refractivity contribution >= 4 is 0 Å². The van der Waals surface area contributed by atoms with Crippen LogP contribution in [0, 0.1) is 12.8 Å². The van der Waals surface area contributed by atoms with Crippen LogP contribution in [0.3, 0.4) is 0 Å². The average Bonchev–Trinajstić information content (AvgIpc) is 2.32. The van der Waals surface area contributed by atoms with Crippen LogP contribution in [0.5, 0.6) is 0 Å². The maximum Gasteiger partial charge on any atom is 0.0446 e. The monoisotopic (exact) mass is 246 g/mol. The first-order chi connectivity index (χ1) is 8.69. The largest absolute Gasteiger partial charge is 0.312 e. The minimum absolute atomic E-state index is 0.440. The maximum atomic E-state index is 3.44. The van der Waals surface area contributed by atoms with Crippen molar-refractivity contribution in [3.8, 4) is 0 Å². The fourth-order valence-corrected chi connectivity index (χ4v) is 2.66. The van der Waals surface area contributed by atoms with Crippen molar-refractivity contribution in [1.29, 1.82) is 0 Å². The highest BCUT2D eigenvalue weighted by Gasteiger charge is 2.20. The Hall–Kier alpha value is -0.860. The molecule has 0 heterocycles. The summed E-state index contributed by atoms with van der Waals surface area (Å²) >= 11 is 0. The quantitative estimate of drug-likeness (QED) is 0.830. The number of likely N-dealkylation sites (N-methyl/N-ethyl adjacent to an activating group) is 2. The summed E-state index contributed by atoms with van der Waals surface area (Å²) in [4.78, 5) is 2.48. The van der Waals surface area contributed by atoms with Gasteiger partial charge in [0.15, 0.2) is 0 Å². The molecule has 100 valence electrons. The van der Waals surface area contributed by atoms with Gasteiger partial charge in [0, 0.05) is 19.1 Å². The van der Waals surface area contributed by atoms with Crippen molar-refractivity contribution in [2.24, 2.45) is 5.92 Å². The van der Waals surface area contributed by atoms with E-state index >= 15 is 0 Å². The summed E-state index contributed by atoms with van der Waals surface area (Å²) in [6.07, 6.45) is 4.30. The minimum Gasteiger partial charge on any atom is -0.312 e. The zero-order valence-electron chi connectivity index (χ0n) is 11.9. The Kier molecular flexibility index (Phi) is 4.79. The number of nitrogens with one attached hydrogen (secondary N) is 1. The Morgan fingerprint density at radius 3 is 2.44 bits per heavy atom. The van der Waals surface area contributed by atoms with E-state index in [4.69, 9.17) is 0 Å². The molecule has 1 fully saturated rings. The zero-order valence-corrected chi connectivity index (χ0v) is 11.9. The van der Waals surface area contributed by atoms with Gasteiger partial charge in [-0.3, -0.25) is 0 Å². The van der Waals surface area contributed by atoms with E-state index in [1.165, 1.54) is 36.9 Å². The molecule has 1 aromatic carbocycles. The zero-order chi connectivity index (χ0) is 13.0. The molecule has 1 aliphatic rings. The fraction of sp³-hybridized carbons (Fsp3) is 0.625. The van der Waals surface area contributed by atoms with E-state index in [1.807, 2.05) is 0 Å². The Bertz CT molecular complexity index is 354. The van der Waals surface area contributed by atoms with Gasteiger partial charge in [-0.25, -0.2) is 0 Å². The van der Waals surface area contributed by atoms with Crippen LogP contribution in [0.25, 0.3) is 0 Å². The summed E-state index contributed by atoms with van der Waals surface area (Å²) in [6, 6.07) is 9.33. The lowest BCUT2D eigenvalue weighted by molar-refractivity contribution is 0.193. The number of nitrogens with zero attached hydrogens (tertiary/aromatic N) is 1. The number of benzene rings is 1. The first-order valence-electron chi connectivity index (χ1n) is 7.11. The van der Waals surface area contributed by atoms with Gasteiger partial charge in [-0.1, -0.05) is 36.2 Å². The van der Waals surface area contributed by atoms with Crippen LogP contribution < -0.4 is 5.32 Å². The molecule has 18 heavy (non-hydrogen) atoms. The number of rotatable bonds is 6. The van der Waals surface area contributed by atoms with Crippen LogP contribution in [0.15, 0.2) is 24.3 Å². The first kappa shape index (κ1) is 13.6. The second-order valence-corrected chi connectivity index (χ2v) is 5.77. The summed E-state index contributed by atoms with van der Waals surface area (Å²) < 4.78 is 0. The lowest BCUT2D eigenvalue weighted by Crippen LogP contribution is -2.35. The molecule has 0 radical (unpaired) electrons. The lowest BCUT2D eigenvalue weighted by Gasteiger charge is -2.32. The van der Waals surface area contributed by atoms with Crippen LogP contribution in [-0.4, -0.2) is 32.1 Å². The third kappa shape index (κ3) is 3.56. The number of aryl methyl sites for hydroxylation is 1. The van der Waals surface area contributed by atoms with E-state index < -0.39 is 0 Å². The molecular weight excluding hydrogens is 220 g/mol. The summed E-state index contributed by atoms with van der Waals surface area (Å²) in [5, 5.41) is 3.44. The molecule has 1 aromatic rings. The van der Waals surface area contributed by atoms with Crippen molar-refractivity contribution in [1.82, 2.24) is 10.2 Å². The SMILES string of the molecule is CNC(CN(C)CC1CCC1)c1ccc(C)cc1. The molecule has 1 aliphatic carbocycles. The third-order valence-corrected chi connectivity index (χ3v) is 4.12. The van der Waals surface area contributed by atoms with Crippen LogP contribution in [0.1, 0.15) is 36.4 Å². The molecule has 2 heteroatoms. The van der Waals surface area contributed by atoms with Gasteiger partial charge in [0.05, 0.1) is 0 Å². The second-order valence-electron chi connectivity index (χ2n) is 5.77. The van der Waals surface area contributed by atoms with Gasteiger partial charge >= 0.3 is 0 Å². The van der Waals surface area contributed by atoms with Gasteiger partial charge in [-0.15, -0.1) is 0 Å². The Morgan fingerprint density at radius 1 is 1.28 bits per heavy atom. The summed E-state index contributed by atoms with van der Waals surface area (Å²) in [5.41, 5.74) is 2.72. The van der Waals surface area contributed by atoms with E-state index in [1.54, 1.807) is 0 Å². The predicted octanol–water partition coefficient (Wildman–Crippen LogP) is 2.99. The van der Waals surface area contributed by atoms with Gasteiger partial charge in [0.1, 0.15) is 0 Å². The Morgan fingerprint density at radius 2 is 1.94 bits per heavy atom. The van der Waals surface area contributed by atoms with E-state index in [2.05, 4.69) is 55.5 Å². The van der Waals surface area contributed by atoms with Gasteiger partial charge in [-0.2, -0.15) is 0 Å². The van der Waals surface area contributed by atoms with Crippen LogP contribution in [0.2, 0.25) is 0 Å². The van der Waals surface area contributed by atoms with Gasteiger partial charge in [-0.05, 0) is 45.3 Å². The van der Waals surface area contributed by atoms with Crippen LogP contribution in [-0.2, 0) is 0 Å². The summed E-state index contributed by atoms with van der Waals surface area (Å²) in [5.74, 6) is 0.950. The van der Waals surface area contributed by atoms with E-state index in [0.717, 1.165) is 12.5 Å². The van der Waals surface area contributed by atoms with Crippen molar-refractivity contribution in [2.45, 2.75) is 32.2 Å². The van der Waals surface area contributed by atoms with E-state index in [9.17, 15) is 0 Å². The lowest BCUT2D eigenvalue weighted by atomic mass is 9.85. The topological polar surface area (TPSA) is 15.3 Å². The first-order valence-corrected chi connectivity index (χ1v) is 7.11. The minimum atomic E-state index is 0.440. The number of hydrogen-bond donors (Lipinski definition) is 1. The third-order valence-electron chi connectivity index (χ3n) is 4.12. The Labute approximate surface area is 111 Å².